The van der Waals surface area contributed by atoms with Crippen molar-refractivity contribution in [2.45, 2.75) is 182 Å². The minimum Gasteiger partial charge on any atom is -0.487 e. The highest BCUT2D eigenvalue weighted by Gasteiger charge is 2.47. The predicted molar refractivity (Wildman–Crippen MR) is 334 cm³/mol. The molecule has 1 aromatic rings. The first-order valence-electron chi connectivity index (χ1n) is 32.6. The van der Waals surface area contributed by atoms with E-state index in [9.17, 15) is 47.9 Å². The highest BCUT2D eigenvalue weighted by molar-refractivity contribution is 5.91. The van der Waals surface area contributed by atoms with Gasteiger partial charge in [0.05, 0.1) is 105 Å². The molecule has 0 spiro atoms. The molecular weight excluding hydrogens is 1340 g/mol. The molecule has 0 radical (unpaired) electrons. The van der Waals surface area contributed by atoms with Crippen molar-refractivity contribution in [1.29, 1.82) is 0 Å². The minimum absolute atomic E-state index is 0.0112. The van der Waals surface area contributed by atoms with Crippen LogP contribution in [0.25, 0.3) is 0 Å². The predicted octanol–water partition coefficient (Wildman–Crippen LogP) is 2.55. The molecule has 0 unspecified atom stereocenters. The average molecular weight is 1440 g/mol. The third-order valence-electron chi connectivity index (χ3n) is 13.5. The summed E-state index contributed by atoms with van der Waals surface area (Å²) in [5.41, 5.74) is -0.813. The van der Waals surface area contributed by atoms with E-state index in [-0.39, 0.29) is 181 Å². The van der Waals surface area contributed by atoms with Gasteiger partial charge in [-0.2, -0.15) is 0 Å². The Morgan fingerprint density at radius 2 is 0.610 bits per heavy atom. The molecule has 35 nitrogen and oxygen atoms in total. The van der Waals surface area contributed by atoms with Crippen LogP contribution in [0.3, 0.4) is 0 Å². The molecule has 4 rings (SSSR count). The monoisotopic (exact) mass is 1440 g/mol. The van der Waals surface area contributed by atoms with Crippen molar-refractivity contribution in [3.8, 4) is 17.2 Å². The van der Waals surface area contributed by atoms with Gasteiger partial charge in [0, 0.05) is 81.6 Å². The molecule has 12 atom stereocenters. The maximum absolute atomic E-state index is 13.6. The van der Waals surface area contributed by atoms with E-state index in [0.29, 0.717) is 0 Å². The van der Waals surface area contributed by atoms with Crippen LogP contribution >= 0.6 is 0 Å². The van der Waals surface area contributed by atoms with Crippen molar-refractivity contribution < 1.29 is 166 Å². The van der Waals surface area contributed by atoms with E-state index in [1.165, 1.54) is 74.4 Å². The van der Waals surface area contributed by atoms with E-state index >= 15 is 0 Å². The Hall–Kier alpha value is -7.16. The van der Waals surface area contributed by atoms with E-state index in [0.717, 1.165) is 0 Å². The standard InChI is InChI=1S/C65H98O35/c1-39(66)88-36-54-61(94-45(7)72)51(91-42(4)69)33-57(97-54)84-27-21-78-15-13-76-19-25-82-49-31-48(64(75)100-65(10,11)12)32-50(83-26-20-77-14-16-79-22-28-85-58-34-52(92-43(5)70)62(95-46(8)73)55(98-58)37-89-40(2)67)60(49)87-30-24-81-18-17-80-23-29-86-59-35-53(93-44(6)71)63(96-47(9)74)56(99-59)38-90-41(3)68/h31-32,51-59,61-63H,13-30,33-38H2,1-12H3/t51-,52-,53-,54-,55-,56-,57-,58-,59-,61-,62-,63-/m1/s1. The largest absolute Gasteiger partial charge is 0.487 e. The zero-order valence-electron chi connectivity index (χ0n) is 58.8. The number of hydrogen-bond donors (Lipinski definition) is 0. The maximum atomic E-state index is 13.6. The third kappa shape index (κ3) is 35.4. The number of carbonyl (C=O) groups excluding carboxylic acids is 10. The first-order valence-corrected chi connectivity index (χ1v) is 32.6. The molecule has 3 aliphatic rings. The van der Waals surface area contributed by atoms with Gasteiger partial charge in [-0.1, -0.05) is 0 Å². The van der Waals surface area contributed by atoms with Crippen LogP contribution in [-0.2, 0) is 147 Å². The molecular formula is C65H98O35. The Morgan fingerprint density at radius 3 is 0.870 bits per heavy atom. The van der Waals surface area contributed by atoms with Crippen LogP contribution in [0.4, 0.5) is 0 Å². The Labute approximate surface area is 579 Å². The van der Waals surface area contributed by atoms with Gasteiger partial charge >= 0.3 is 59.7 Å². The van der Waals surface area contributed by atoms with Crippen LogP contribution < -0.4 is 14.2 Å². The second kappa shape index (κ2) is 46.4. The smallest absolute Gasteiger partial charge is 0.338 e. The molecule has 0 N–H and O–H groups in total. The quantitative estimate of drug-likeness (QED) is 0.0514. The normalized spacial score (nSPS) is 22.8. The fourth-order valence-corrected chi connectivity index (χ4v) is 9.70. The Balaban J connectivity index is 1.34. The summed E-state index contributed by atoms with van der Waals surface area (Å²) in [6, 6.07) is 2.89. The number of carbonyl (C=O) groups is 10. The average Bonchev–Trinajstić information content (AvgIpc) is 0.857. The van der Waals surface area contributed by atoms with Gasteiger partial charge in [-0.15, -0.1) is 0 Å². The van der Waals surface area contributed by atoms with Crippen molar-refractivity contribution in [2.24, 2.45) is 0 Å². The van der Waals surface area contributed by atoms with Crippen molar-refractivity contribution in [3.63, 3.8) is 0 Å². The molecule has 0 aromatic heterocycles. The van der Waals surface area contributed by atoms with Gasteiger partial charge in [0.15, 0.2) is 48.7 Å². The van der Waals surface area contributed by atoms with Crippen molar-refractivity contribution in [2.75, 3.05) is 139 Å². The van der Waals surface area contributed by atoms with Gasteiger partial charge < -0.3 is 118 Å². The molecule has 35 heteroatoms. The SMILES string of the molecule is CC(=O)OC[C@H]1O[C@@H](OCCOCCOCCOc2cc(C(=O)OC(C)(C)C)cc(OCCOCCOCCO[C@H]3C[C@@H](OC(C)=O)[C@@H](OC(C)=O)[C@@H](COC(C)=O)O3)c2OCCOCCOCCO[C@H]2C[C@@H](OC(C)=O)[C@@H](OC(C)=O)[C@@H](COC(C)=O)O2)C[C@@H](OC(C)=O)[C@H]1OC(C)=O. The molecule has 0 aliphatic carbocycles. The Kier molecular flexibility index (Phi) is 39.5. The van der Waals surface area contributed by atoms with E-state index < -0.39 is 139 Å². The molecule has 0 bridgehead atoms. The van der Waals surface area contributed by atoms with Crippen LogP contribution in [0.5, 0.6) is 17.2 Å². The molecule has 100 heavy (non-hydrogen) atoms. The lowest BCUT2D eigenvalue weighted by molar-refractivity contribution is -0.267. The summed E-state index contributed by atoms with van der Waals surface area (Å²) in [6.07, 6.45) is -11.8. The zero-order chi connectivity index (χ0) is 73.6. The van der Waals surface area contributed by atoms with Gasteiger partial charge in [-0.25, -0.2) is 4.79 Å². The second-order valence-electron chi connectivity index (χ2n) is 23.2. The number of ether oxygens (including phenoxy) is 25. The van der Waals surface area contributed by atoms with Crippen molar-refractivity contribution in [3.05, 3.63) is 17.7 Å². The third-order valence-corrected chi connectivity index (χ3v) is 13.5. The fraction of sp³-hybridized carbons (Fsp3) is 0.754. The van der Waals surface area contributed by atoms with Crippen molar-refractivity contribution in [1.82, 2.24) is 0 Å². The molecule has 0 saturated carbocycles. The van der Waals surface area contributed by atoms with Gasteiger partial charge in [0.1, 0.15) is 81.9 Å². The number of rotatable bonds is 46. The zero-order valence-corrected chi connectivity index (χ0v) is 58.8. The molecule has 1 aromatic carbocycles. The lowest BCUT2D eigenvalue weighted by atomic mass is 10.0. The van der Waals surface area contributed by atoms with Gasteiger partial charge in [0.25, 0.3) is 0 Å². The van der Waals surface area contributed by atoms with Gasteiger partial charge in [-0.05, 0) is 32.9 Å². The second-order valence-corrected chi connectivity index (χ2v) is 23.2. The molecule has 568 valence electrons. The van der Waals surface area contributed by atoms with Gasteiger partial charge in [-0.3, -0.25) is 43.2 Å². The van der Waals surface area contributed by atoms with Crippen LogP contribution in [0.2, 0.25) is 0 Å². The van der Waals surface area contributed by atoms with Crippen LogP contribution in [0.1, 0.15) is 113 Å². The first kappa shape index (κ1) is 85.3. The van der Waals surface area contributed by atoms with E-state index in [4.69, 9.17) is 118 Å². The summed E-state index contributed by atoms with van der Waals surface area (Å²) in [7, 11) is 0. The highest BCUT2D eigenvalue weighted by Crippen LogP contribution is 2.40. The highest BCUT2D eigenvalue weighted by atomic mass is 16.7. The maximum Gasteiger partial charge on any atom is 0.338 e. The lowest BCUT2D eigenvalue weighted by Crippen LogP contribution is -2.54. The molecule has 3 fully saturated rings. The lowest BCUT2D eigenvalue weighted by Gasteiger charge is -2.39. The minimum atomic E-state index is -1.06. The van der Waals surface area contributed by atoms with Crippen molar-refractivity contribution >= 4 is 59.7 Å². The molecule has 0 amide bonds. The molecule has 3 saturated heterocycles. The Bertz CT molecular complexity index is 2580. The van der Waals surface area contributed by atoms with E-state index in [1.807, 2.05) is 0 Å². The first-order chi connectivity index (χ1) is 47.6. The summed E-state index contributed by atoms with van der Waals surface area (Å²) in [5, 5.41) is 0. The van der Waals surface area contributed by atoms with E-state index in [2.05, 4.69) is 0 Å². The number of hydrogen-bond acceptors (Lipinski definition) is 35. The van der Waals surface area contributed by atoms with Crippen LogP contribution in [0, 0.1) is 0 Å². The molecule has 3 aliphatic heterocycles. The molecule has 3 heterocycles. The van der Waals surface area contributed by atoms with Gasteiger partial charge in [0.2, 0.25) is 5.75 Å². The number of benzene rings is 1. The van der Waals surface area contributed by atoms with Crippen LogP contribution in [-0.4, -0.2) is 278 Å². The summed E-state index contributed by atoms with van der Waals surface area (Å²) in [4.78, 5) is 120. The van der Waals surface area contributed by atoms with Crippen LogP contribution in [0.15, 0.2) is 12.1 Å². The van der Waals surface area contributed by atoms with E-state index in [1.54, 1.807) is 20.8 Å². The Morgan fingerprint density at radius 1 is 0.350 bits per heavy atom. The summed E-state index contributed by atoms with van der Waals surface area (Å²) in [5.74, 6) is -6.04. The summed E-state index contributed by atoms with van der Waals surface area (Å²) >= 11 is 0. The number of esters is 10. The fourth-order valence-electron chi connectivity index (χ4n) is 9.70. The topological polar surface area (TPSA) is 401 Å². The summed E-state index contributed by atoms with van der Waals surface area (Å²) < 4.78 is 142. The summed E-state index contributed by atoms with van der Waals surface area (Å²) in [6.45, 7) is 16.2.